The molecule has 106 valence electrons. The number of hydrogen-bond donors (Lipinski definition) is 1. The van der Waals surface area contributed by atoms with Gasteiger partial charge < -0.3 is 15.2 Å². The van der Waals surface area contributed by atoms with Crippen LogP contribution in [0, 0.1) is 0 Å². The van der Waals surface area contributed by atoms with Gasteiger partial charge in [0.05, 0.1) is 19.2 Å². The lowest BCUT2D eigenvalue weighted by Gasteiger charge is -2.27. The molecule has 4 nitrogen and oxygen atoms in total. The summed E-state index contributed by atoms with van der Waals surface area (Å²) in [6.07, 6.45) is -5.29. The molecule has 1 aromatic rings. The summed E-state index contributed by atoms with van der Waals surface area (Å²) in [4.78, 5) is 11.2. The molecule has 0 aliphatic carbocycles. The molecule has 0 aromatic heterocycles. The number of hydrogen-bond acceptors (Lipinski definition) is 4. The minimum absolute atomic E-state index is 0.0680. The maximum absolute atomic E-state index is 13.5. The third-order valence-electron chi connectivity index (χ3n) is 2.22. The first kappa shape index (κ1) is 15.2. The monoisotopic (exact) mass is 281 g/mol. The van der Waals surface area contributed by atoms with E-state index in [0.717, 1.165) is 19.2 Å². The second-order valence-electron chi connectivity index (χ2n) is 3.55. The Kier molecular flexibility index (Phi) is 4.35. The van der Waals surface area contributed by atoms with Crippen LogP contribution in [0.5, 0.6) is 5.75 Å². The van der Waals surface area contributed by atoms with Gasteiger partial charge in [0.15, 0.2) is 0 Å². The third-order valence-corrected chi connectivity index (χ3v) is 2.22. The molecule has 0 aliphatic rings. The quantitative estimate of drug-likeness (QED) is 0.677. The van der Waals surface area contributed by atoms with Crippen LogP contribution in [0.1, 0.15) is 10.4 Å². The molecule has 0 spiro atoms. The molecule has 1 aromatic carbocycles. The molecule has 8 heteroatoms. The van der Waals surface area contributed by atoms with E-state index >= 15 is 0 Å². The van der Waals surface area contributed by atoms with Crippen LogP contribution in [0.4, 0.5) is 17.6 Å². The Labute approximate surface area is 106 Å². The second kappa shape index (κ2) is 5.43. The smallest absolute Gasteiger partial charge is 0.461 e. The van der Waals surface area contributed by atoms with Crippen molar-refractivity contribution in [3.8, 4) is 5.75 Å². The molecule has 0 unspecified atom stereocenters. The lowest BCUT2D eigenvalue weighted by atomic mass is 10.2. The SMILES string of the molecule is COC(=O)c1cccc(O[C@](F)(CN)C(F)(F)F)c1. The van der Waals surface area contributed by atoms with E-state index in [1.165, 1.54) is 12.1 Å². The fraction of sp³-hybridized carbons (Fsp3) is 0.364. The van der Waals surface area contributed by atoms with E-state index in [0.29, 0.717) is 0 Å². The molecular formula is C11H11F4NO3. The van der Waals surface area contributed by atoms with E-state index < -0.39 is 30.3 Å². The zero-order valence-electron chi connectivity index (χ0n) is 9.83. The van der Waals surface area contributed by atoms with Gasteiger partial charge in [0.1, 0.15) is 5.75 Å². The summed E-state index contributed by atoms with van der Waals surface area (Å²) in [5.74, 6) is -5.27. The number of carbonyl (C=O) groups excluding carboxylic acids is 1. The normalized spacial score (nSPS) is 14.6. The molecule has 0 bridgehead atoms. The molecule has 1 atom stereocenters. The fourth-order valence-electron chi connectivity index (χ4n) is 1.21. The Morgan fingerprint density at radius 1 is 1.32 bits per heavy atom. The largest absolute Gasteiger partial charge is 0.465 e. The van der Waals surface area contributed by atoms with Crippen molar-refractivity contribution in [2.45, 2.75) is 12.0 Å². The van der Waals surface area contributed by atoms with E-state index in [1.54, 1.807) is 0 Å². The van der Waals surface area contributed by atoms with Crippen LogP contribution in [0.25, 0.3) is 0 Å². The predicted molar refractivity (Wildman–Crippen MR) is 57.4 cm³/mol. The summed E-state index contributed by atoms with van der Waals surface area (Å²) in [7, 11) is 1.10. The van der Waals surface area contributed by atoms with E-state index in [9.17, 15) is 22.4 Å². The van der Waals surface area contributed by atoms with Crippen molar-refractivity contribution < 1.29 is 31.8 Å². The molecule has 1 rings (SSSR count). The van der Waals surface area contributed by atoms with Gasteiger partial charge in [0.2, 0.25) is 0 Å². The van der Waals surface area contributed by atoms with Gasteiger partial charge in [0.25, 0.3) is 0 Å². The number of ether oxygens (including phenoxy) is 2. The predicted octanol–water partition coefficient (Wildman–Crippen LogP) is 2.04. The van der Waals surface area contributed by atoms with Crippen molar-refractivity contribution in [3.63, 3.8) is 0 Å². The van der Waals surface area contributed by atoms with Crippen LogP contribution in [0.3, 0.4) is 0 Å². The Bertz CT molecular complexity index is 463. The molecule has 0 saturated heterocycles. The van der Waals surface area contributed by atoms with Gasteiger partial charge in [-0.25, -0.2) is 4.79 Å². The van der Waals surface area contributed by atoms with Crippen molar-refractivity contribution in [1.82, 2.24) is 0 Å². The van der Waals surface area contributed by atoms with Gasteiger partial charge in [-0.3, -0.25) is 0 Å². The number of halogens is 4. The average molecular weight is 281 g/mol. The molecule has 0 radical (unpaired) electrons. The van der Waals surface area contributed by atoms with Crippen LogP contribution in [-0.2, 0) is 4.74 Å². The highest BCUT2D eigenvalue weighted by Gasteiger charge is 2.58. The van der Waals surface area contributed by atoms with Crippen molar-refractivity contribution in [2.75, 3.05) is 13.7 Å². The molecule has 0 heterocycles. The highest BCUT2D eigenvalue weighted by Crippen LogP contribution is 2.35. The number of nitrogens with two attached hydrogens (primary N) is 1. The Morgan fingerprint density at radius 2 is 1.95 bits per heavy atom. The van der Waals surface area contributed by atoms with Crippen molar-refractivity contribution in [2.24, 2.45) is 5.73 Å². The first-order valence-electron chi connectivity index (χ1n) is 5.06. The maximum Gasteiger partial charge on any atom is 0.461 e. The first-order valence-corrected chi connectivity index (χ1v) is 5.06. The first-order chi connectivity index (χ1) is 8.73. The number of alkyl halides is 4. The van der Waals surface area contributed by atoms with E-state index in [1.807, 2.05) is 0 Å². The number of methoxy groups -OCH3 is 1. The standard InChI is InChI=1S/C11H11F4NO3/c1-18-9(17)7-3-2-4-8(5-7)19-10(12,6-16)11(13,14)15/h2-5H,6,16H2,1H3/t10-/m1/s1. The van der Waals surface area contributed by atoms with E-state index in [-0.39, 0.29) is 5.56 Å². The summed E-state index contributed by atoms with van der Waals surface area (Å²) in [5.41, 5.74) is 4.69. The number of carbonyl (C=O) groups is 1. The van der Waals surface area contributed by atoms with Crippen LogP contribution in [0.2, 0.25) is 0 Å². The second-order valence-corrected chi connectivity index (χ2v) is 3.55. The van der Waals surface area contributed by atoms with Gasteiger partial charge in [-0.05, 0) is 18.2 Å². The molecule has 0 fully saturated rings. The molecule has 2 N–H and O–H groups in total. The van der Waals surface area contributed by atoms with Gasteiger partial charge >= 0.3 is 18.0 Å². The highest BCUT2D eigenvalue weighted by molar-refractivity contribution is 5.89. The average Bonchev–Trinajstić information content (AvgIpc) is 2.36. The molecular weight excluding hydrogens is 270 g/mol. The molecule has 19 heavy (non-hydrogen) atoms. The van der Waals surface area contributed by atoms with Crippen LogP contribution in [-0.4, -0.2) is 31.7 Å². The lowest BCUT2D eigenvalue weighted by molar-refractivity contribution is -0.297. The minimum Gasteiger partial charge on any atom is -0.465 e. The van der Waals surface area contributed by atoms with Gasteiger partial charge in [-0.2, -0.15) is 17.6 Å². The zero-order chi connectivity index (χ0) is 14.7. The fourth-order valence-corrected chi connectivity index (χ4v) is 1.21. The van der Waals surface area contributed by atoms with Gasteiger partial charge in [-0.1, -0.05) is 6.07 Å². The topological polar surface area (TPSA) is 61.5 Å². The Morgan fingerprint density at radius 3 is 2.42 bits per heavy atom. The third kappa shape index (κ3) is 3.34. The van der Waals surface area contributed by atoms with Crippen molar-refractivity contribution in [1.29, 1.82) is 0 Å². The number of rotatable bonds is 4. The Balaban J connectivity index is 3.02. The minimum atomic E-state index is -5.29. The molecule has 0 saturated carbocycles. The van der Waals surface area contributed by atoms with Gasteiger partial charge in [0, 0.05) is 0 Å². The number of benzene rings is 1. The van der Waals surface area contributed by atoms with E-state index in [2.05, 4.69) is 9.47 Å². The summed E-state index contributed by atoms with van der Waals surface area (Å²) in [6.45, 7) is -1.40. The summed E-state index contributed by atoms with van der Waals surface area (Å²) in [5, 5.41) is 0. The van der Waals surface area contributed by atoms with Crippen LogP contribution < -0.4 is 10.5 Å². The molecule has 0 amide bonds. The summed E-state index contributed by atoms with van der Waals surface area (Å²) >= 11 is 0. The van der Waals surface area contributed by atoms with Crippen molar-refractivity contribution in [3.05, 3.63) is 29.8 Å². The number of esters is 1. The van der Waals surface area contributed by atoms with E-state index in [4.69, 9.17) is 5.73 Å². The lowest BCUT2D eigenvalue weighted by Crippen LogP contribution is -2.52. The van der Waals surface area contributed by atoms with Gasteiger partial charge in [-0.15, -0.1) is 0 Å². The summed E-state index contributed by atoms with van der Waals surface area (Å²) < 4.78 is 59.5. The zero-order valence-corrected chi connectivity index (χ0v) is 9.83. The summed E-state index contributed by atoms with van der Waals surface area (Å²) in [6, 6.07) is 4.52. The maximum atomic E-state index is 13.5. The highest BCUT2D eigenvalue weighted by atomic mass is 19.4. The van der Waals surface area contributed by atoms with Crippen molar-refractivity contribution >= 4 is 5.97 Å². The van der Waals surface area contributed by atoms with Crippen LogP contribution in [0.15, 0.2) is 24.3 Å². The van der Waals surface area contributed by atoms with Crippen LogP contribution >= 0.6 is 0 Å². The Hall–Kier alpha value is -1.83. The molecule has 0 aliphatic heterocycles.